The third-order valence-electron chi connectivity index (χ3n) is 5.69. The van der Waals surface area contributed by atoms with Crippen LogP contribution in [0.4, 0.5) is 4.39 Å². The molecule has 1 aliphatic rings. The summed E-state index contributed by atoms with van der Waals surface area (Å²) >= 11 is 0. The zero-order valence-corrected chi connectivity index (χ0v) is 18.1. The maximum atomic E-state index is 13.6. The van der Waals surface area contributed by atoms with Gasteiger partial charge in [-0.1, -0.05) is 24.3 Å². The van der Waals surface area contributed by atoms with Crippen molar-refractivity contribution in [2.24, 2.45) is 0 Å². The number of benzene rings is 2. The molecule has 0 N–H and O–H groups in total. The molecule has 0 spiro atoms. The molecule has 1 aliphatic heterocycles. The van der Waals surface area contributed by atoms with Gasteiger partial charge in [-0.3, -0.25) is 4.90 Å². The molecule has 1 fully saturated rings. The minimum Gasteiger partial charge on any atom is -0.441 e. The first kappa shape index (κ1) is 20.8. The van der Waals surface area contributed by atoms with Crippen molar-refractivity contribution in [3.05, 3.63) is 60.0 Å². The Balaban J connectivity index is 1.54. The Morgan fingerprint density at radius 3 is 2.17 bits per heavy atom. The number of aryl methyl sites for hydroxylation is 1. The van der Waals surface area contributed by atoms with E-state index >= 15 is 0 Å². The number of likely N-dealkylation sites (tertiary alicyclic amines) is 1. The molecular formula is C23H25FN2O3S. The van der Waals surface area contributed by atoms with Gasteiger partial charge in [0.15, 0.2) is 9.84 Å². The largest absolute Gasteiger partial charge is 0.441 e. The molecule has 2 atom stereocenters. The molecule has 1 saturated heterocycles. The fraction of sp³-hybridized carbons (Fsp3) is 0.348. The van der Waals surface area contributed by atoms with E-state index in [-0.39, 0.29) is 6.04 Å². The maximum Gasteiger partial charge on any atom is 0.226 e. The van der Waals surface area contributed by atoms with E-state index < -0.39 is 16.0 Å². The third kappa shape index (κ3) is 4.18. The zero-order chi connectivity index (χ0) is 21.5. The molecule has 1 aromatic heterocycles. The summed E-state index contributed by atoms with van der Waals surface area (Å²) in [7, 11) is -3.21. The van der Waals surface area contributed by atoms with Crippen LogP contribution in [0.3, 0.4) is 0 Å². The van der Waals surface area contributed by atoms with E-state index in [0.717, 1.165) is 34.7 Å². The van der Waals surface area contributed by atoms with E-state index in [1.54, 1.807) is 24.3 Å². The Labute approximate surface area is 176 Å². The van der Waals surface area contributed by atoms with E-state index in [1.165, 1.54) is 6.26 Å². The minimum atomic E-state index is -3.21. The Hall–Kier alpha value is -2.51. The smallest absolute Gasteiger partial charge is 0.226 e. The number of hydrogen-bond acceptors (Lipinski definition) is 5. The Morgan fingerprint density at radius 1 is 1.07 bits per heavy atom. The van der Waals surface area contributed by atoms with Gasteiger partial charge < -0.3 is 4.42 Å². The van der Waals surface area contributed by atoms with Crippen LogP contribution in [0.2, 0.25) is 0 Å². The molecule has 0 amide bonds. The summed E-state index contributed by atoms with van der Waals surface area (Å²) in [5.74, 6) is 1.30. The van der Waals surface area contributed by atoms with E-state index in [0.29, 0.717) is 23.8 Å². The summed E-state index contributed by atoms with van der Waals surface area (Å²) in [6, 6.07) is 14.6. The van der Waals surface area contributed by atoms with Crippen LogP contribution in [0.5, 0.6) is 0 Å². The number of hydrogen-bond donors (Lipinski definition) is 0. The third-order valence-corrected chi connectivity index (χ3v) is 6.81. The van der Waals surface area contributed by atoms with Gasteiger partial charge in [0, 0.05) is 24.9 Å². The topological polar surface area (TPSA) is 63.4 Å². The highest BCUT2D eigenvalue weighted by Gasteiger charge is 2.29. The second kappa shape index (κ2) is 7.96. The van der Waals surface area contributed by atoms with E-state index in [2.05, 4.69) is 4.90 Å². The second-order valence-electron chi connectivity index (χ2n) is 7.89. The summed E-state index contributed by atoms with van der Waals surface area (Å²) in [6.45, 7) is 5.10. The van der Waals surface area contributed by atoms with Crippen molar-refractivity contribution in [2.45, 2.75) is 37.4 Å². The number of oxazole rings is 1. The predicted molar refractivity (Wildman–Crippen MR) is 115 cm³/mol. The van der Waals surface area contributed by atoms with Gasteiger partial charge in [-0.15, -0.1) is 0 Å². The normalized spacial score (nSPS) is 18.6. The number of nitrogens with zero attached hydrogens (tertiary/aromatic N) is 2. The minimum absolute atomic E-state index is 0.0101. The van der Waals surface area contributed by atoms with Crippen molar-refractivity contribution in [1.29, 1.82) is 0 Å². The van der Waals surface area contributed by atoms with Crippen LogP contribution in [0, 0.1) is 6.92 Å². The van der Waals surface area contributed by atoms with Gasteiger partial charge in [-0.05, 0) is 55.7 Å². The highest BCUT2D eigenvalue weighted by molar-refractivity contribution is 7.90. The second-order valence-corrected chi connectivity index (χ2v) is 9.91. The van der Waals surface area contributed by atoms with Gasteiger partial charge in [0.2, 0.25) is 5.89 Å². The van der Waals surface area contributed by atoms with Crippen LogP contribution >= 0.6 is 0 Å². The quantitative estimate of drug-likeness (QED) is 0.583. The molecule has 1 unspecified atom stereocenters. The van der Waals surface area contributed by atoms with Crippen molar-refractivity contribution >= 4 is 9.84 Å². The van der Waals surface area contributed by atoms with E-state index in [4.69, 9.17) is 9.40 Å². The van der Waals surface area contributed by atoms with Gasteiger partial charge >= 0.3 is 0 Å². The van der Waals surface area contributed by atoms with E-state index in [1.807, 2.05) is 38.1 Å². The molecule has 0 radical (unpaired) electrons. The predicted octanol–water partition coefficient (Wildman–Crippen LogP) is 4.83. The van der Waals surface area contributed by atoms with Crippen molar-refractivity contribution in [2.75, 3.05) is 19.3 Å². The first-order valence-electron chi connectivity index (χ1n) is 9.99. The molecule has 5 nitrogen and oxygen atoms in total. The van der Waals surface area contributed by atoms with E-state index in [9.17, 15) is 12.8 Å². The number of rotatable bonds is 5. The molecule has 0 saturated carbocycles. The maximum absolute atomic E-state index is 13.6. The lowest BCUT2D eigenvalue weighted by Crippen LogP contribution is -2.25. The standard InChI is InChI=1S/C23H25FN2O3S/c1-15(26-13-12-20(24)14-26)22-16(2)29-23(25-22)19-6-4-17(5-7-19)18-8-10-21(11-9-18)30(3,27)28/h4-11,15,20H,12-14H2,1-3H3/t15?,20-/m0/s1. The molecule has 3 aromatic rings. The number of halogens is 1. The Bertz CT molecular complexity index is 1140. The monoisotopic (exact) mass is 428 g/mol. The highest BCUT2D eigenvalue weighted by atomic mass is 32.2. The summed E-state index contributed by atoms with van der Waals surface area (Å²) in [4.78, 5) is 7.10. The fourth-order valence-electron chi connectivity index (χ4n) is 3.89. The average Bonchev–Trinajstić information content (AvgIpc) is 3.33. The molecule has 7 heteroatoms. The molecule has 30 heavy (non-hydrogen) atoms. The summed E-state index contributed by atoms with van der Waals surface area (Å²) in [5, 5.41) is 0. The van der Waals surface area contributed by atoms with Crippen LogP contribution < -0.4 is 0 Å². The van der Waals surface area contributed by atoms with Crippen LogP contribution in [-0.4, -0.2) is 43.8 Å². The highest BCUT2D eigenvalue weighted by Crippen LogP contribution is 2.31. The number of sulfone groups is 1. The Morgan fingerprint density at radius 2 is 1.63 bits per heavy atom. The molecule has 2 heterocycles. The summed E-state index contributed by atoms with van der Waals surface area (Å²) in [6.07, 6.45) is 1.00. The van der Waals surface area contributed by atoms with Crippen LogP contribution in [0.1, 0.15) is 30.8 Å². The number of alkyl halides is 1. The van der Waals surface area contributed by atoms with Gasteiger partial charge in [0.05, 0.1) is 16.6 Å². The number of aromatic nitrogens is 1. The molecule has 2 aromatic carbocycles. The van der Waals surface area contributed by atoms with Crippen LogP contribution in [0.25, 0.3) is 22.6 Å². The first-order chi connectivity index (χ1) is 14.2. The first-order valence-corrected chi connectivity index (χ1v) is 11.9. The lowest BCUT2D eigenvalue weighted by Gasteiger charge is -2.21. The molecule has 0 bridgehead atoms. The van der Waals surface area contributed by atoms with Crippen LogP contribution in [0.15, 0.2) is 57.8 Å². The summed E-state index contributed by atoms with van der Waals surface area (Å²) in [5.41, 5.74) is 3.61. The lowest BCUT2D eigenvalue weighted by atomic mass is 10.0. The average molecular weight is 429 g/mol. The summed E-state index contributed by atoms with van der Waals surface area (Å²) < 4.78 is 42.7. The van der Waals surface area contributed by atoms with Crippen molar-refractivity contribution in [3.63, 3.8) is 0 Å². The molecule has 0 aliphatic carbocycles. The van der Waals surface area contributed by atoms with Gasteiger partial charge in [-0.25, -0.2) is 17.8 Å². The lowest BCUT2D eigenvalue weighted by molar-refractivity contribution is 0.231. The Kier molecular flexibility index (Phi) is 5.51. The van der Waals surface area contributed by atoms with Crippen molar-refractivity contribution in [3.8, 4) is 22.6 Å². The van der Waals surface area contributed by atoms with Crippen molar-refractivity contribution in [1.82, 2.24) is 9.88 Å². The van der Waals surface area contributed by atoms with Crippen molar-refractivity contribution < 1.29 is 17.2 Å². The van der Waals surface area contributed by atoms with Gasteiger partial charge in [-0.2, -0.15) is 0 Å². The van der Waals surface area contributed by atoms with Gasteiger partial charge in [0.25, 0.3) is 0 Å². The molecule has 158 valence electrons. The van der Waals surface area contributed by atoms with Crippen LogP contribution in [-0.2, 0) is 9.84 Å². The molecule has 4 rings (SSSR count). The molecular weight excluding hydrogens is 403 g/mol. The SMILES string of the molecule is Cc1oc(-c2ccc(-c3ccc(S(C)(=O)=O)cc3)cc2)nc1C(C)N1CC[C@H](F)C1. The fourth-order valence-corrected chi connectivity index (χ4v) is 4.52. The zero-order valence-electron chi connectivity index (χ0n) is 17.3. The van der Waals surface area contributed by atoms with Gasteiger partial charge in [0.1, 0.15) is 11.9 Å².